The molecule has 0 N–H and O–H groups in total. The fourth-order valence-electron chi connectivity index (χ4n) is 4.00. The van der Waals surface area contributed by atoms with Crippen LogP contribution in [-0.2, 0) is 19.6 Å². The summed E-state index contributed by atoms with van der Waals surface area (Å²) >= 11 is 0. The van der Waals surface area contributed by atoms with Crippen LogP contribution < -0.4 is 0 Å². The number of unbranched alkanes of at least 4 members (excludes halogenated alkanes) is 2. The Morgan fingerprint density at radius 1 is 0.828 bits per heavy atom. The van der Waals surface area contributed by atoms with E-state index < -0.39 is 5.79 Å². The summed E-state index contributed by atoms with van der Waals surface area (Å²) in [7, 11) is 0. The van der Waals surface area contributed by atoms with Crippen LogP contribution in [0.5, 0.6) is 0 Å². The SMILES string of the molecule is CCCCC(C)(CC)OOC1(OOC(C)(CC)CCCC)CCCC(C)C1(C)C. The van der Waals surface area contributed by atoms with Gasteiger partial charge in [-0.25, -0.2) is 9.78 Å². The van der Waals surface area contributed by atoms with Gasteiger partial charge in [0, 0.05) is 11.8 Å². The predicted octanol–water partition coefficient (Wildman–Crippen LogP) is 8.14. The fraction of sp³-hybridized carbons (Fsp3) is 1.00. The molecule has 0 aromatic heterocycles. The van der Waals surface area contributed by atoms with Crippen molar-refractivity contribution in [2.75, 3.05) is 0 Å². The highest BCUT2D eigenvalue weighted by Gasteiger charge is 2.56. The van der Waals surface area contributed by atoms with Gasteiger partial charge in [0.15, 0.2) is 0 Å². The minimum Gasteiger partial charge on any atom is -0.227 e. The van der Waals surface area contributed by atoms with E-state index in [4.69, 9.17) is 19.6 Å². The topological polar surface area (TPSA) is 36.9 Å². The van der Waals surface area contributed by atoms with Gasteiger partial charge >= 0.3 is 0 Å². The first-order valence-electron chi connectivity index (χ1n) is 12.3. The highest BCUT2D eigenvalue weighted by Crippen LogP contribution is 2.52. The Bertz CT molecular complexity index is 438. The molecule has 0 spiro atoms. The van der Waals surface area contributed by atoms with Crippen molar-refractivity contribution < 1.29 is 19.6 Å². The van der Waals surface area contributed by atoms with Gasteiger partial charge in [0.05, 0.1) is 0 Å². The average molecular weight is 415 g/mol. The Hall–Kier alpha value is -0.160. The summed E-state index contributed by atoms with van der Waals surface area (Å²) < 4.78 is 0. The summed E-state index contributed by atoms with van der Waals surface area (Å²) in [6, 6.07) is 0. The molecular formula is C25H50O4. The lowest BCUT2D eigenvalue weighted by atomic mass is 9.65. The summed E-state index contributed by atoms with van der Waals surface area (Å²) in [6.45, 7) is 19.8. The maximum atomic E-state index is 6.31. The monoisotopic (exact) mass is 414 g/mol. The van der Waals surface area contributed by atoms with Crippen molar-refractivity contribution in [3.8, 4) is 0 Å². The lowest BCUT2D eigenvalue weighted by Gasteiger charge is -2.51. The molecule has 1 aliphatic carbocycles. The van der Waals surface area contributed by atoms with Crippen molar-refractivity contribution in [1.29, 1.82) is 0 Å². The van der Waals surface area contributed by atoms with Gasteiger partial charge in [-0.2, -0.15) is 9.78 Å². The van der Waals surface area contributed by atoms with Crippen molar-refractivity contribution >= 4 is 0 Å². The second-order valence-electron chi connectivity index (χ2n) is 10.4. The van der Waals surface area contributed by atoms with Crippen LogP contribution in [0.15, 0.2) is 0 Å². The molecule has 0 bridgehead atoms. The predicted molar refractivity (Wildman–Crippen MR) is 120 cm³/mol. The van der Waals surface area contributed by atoms with E-state index in [-0.39, 0.29) is 16.6 Å². The average Bonchev–Trinajstić information content (AvgIpc) is 2.71. The second-order valence-corrected chi connectivity index (χ2v) is 10.4. The Morgan fingerprint density at radius 2 is 1.28 bits per heavy atom. The summed E-state index contributed by atoms with van der Waals surface area (Å²) in [6.07, 6.45) is 11.3. The van der Waals surface area contributed by atoms with E-state index in [1.54, 1.807) is 0 Å². The minimum absolute atomic E-state index is 0.218. The lowest BCUT2D eigenvalue weighted by Crippen LogP contribution is -2.57. The third-order valence-electron chi connectivity index (χ3n) is 7.73. The maximum absolute atomic E-state index is 6.31. The molecule has 0 heterocycles. The highest BCUT2D eigenvalue weighted by atomic mass is 17.3. The van der Waals surface area contributed by atoms with E-state index in [0.717, 1.165) is 64.2 Å². The van der Waals surface area contributed by atoms with E-state index in [9.17, 15) is 0 Å². The summed E-state index contributed by atoms with van der Waals surface area (Å²) in [5, 5.41) is 0. The van der Waals surface area contributed by atoms with Crippen molar-refractivity contribution in [3.63, 3.8) is 0 Å². The van der Waals surface area contributed by atoms with Crippen LogP contribution in [0.25, 0.3) is 0 Å². The van der Waals surface area contributed by atoms with Gasteiger partial charge in [0.25, 0.3) is 0 Å². The van der Waals surface area contributed by atoms with Crippen molar-refractivity contribution in [2.45, 2.75) is 150 Å². The highest BCUT2D eigenvalue weighted by molar-refractivity contribution is 4.94. The second kappa shape index (κ2) is 11.5. The Morgan fingerprint density at radius 3 is 1.66 bits per heavy atom. The quantitative estimate of drug-likeness (QED) is 0.163. The molecule has 0 amide bonds. The van der Waals surface area contributed by atoms with E-state index in [1.807, 2.05) is 0 Å². The van der Waals surface area contributed by atoms with E-state index >= 15 is 0 Å². The lowest BCUT2D eigenvalue weighted by molar-refractivity contribution is -0.573. The van der Waals surface area contributed by atoms with Crippen molar-refractivity contribution in [1.82, 2.24) is 0 Å². The molecular weight excluding hydrogens is 364 g/mol. The molecule has 4 heteroatoms. The number of rotatable bonds is 14. The summed E-state index contributed by atoms with van der Waals surface area (Å²) in [5.41, 5.74) is -0.830. The molecule has 1 aliphatic rings. The number of hydrogen-bond acceptors (Lipinski definition) is 4. The third-order valence-corrected chi connectivity index (χ3v) is 7.73. The standard InChI is InChI=1S/C25H50O4/c1-10-14-18-23(8,12-3)26-28-25(20-16-17-21(5)22(25,6)7)29-27-24(9,13-4)19-15-11-2/h21H,10-20H2,1-9H3. The zero-order valence-corrected chi connectivity index (χ0v) is 21.0. The van der Waals surface area contributed by atoms with Gasteiger partial charge in [-0.05, 0) is 58.3 Å². The first-order valence-corrected chi connectivity index (χ1v) is 12.3. The first kappa shape index (κ1) is 26.9. The Labute approximate surface area is 181 Å². The number of hydrogen-bond donors (Lipinski definition) is 0. The van der Waals surface area contributed by atoms with Gasteiger partial charge in [-0.1, -0.05) is 74.1 Å². The maximum Gasteiger partial charge on any atom is 0.239 e. The zero-order valence-electron chi connectivity index (χ0n) is 21.0. The molecule has 0 radical (unpaired) electrons. The van der Waals surface area contributed by atoms with Crippen LogP contribution >= 0.6 is 0 Å². The fourth-order valence-corrected chi connectivity index (χ4v) is 4.00. The molecule has 0 saturated heterocycles. The molecule has 3 unspecified atom stereocenters. The molecule has 1 saturated carbocycles. The van der Waals surface area contributed by atoms with Crippen LogP contribution in [-0.4, -0.2) is 17.0 Å². The zero-order chi connectivity index (χ0) is 22.2. The Kier molecular flexibility index (Phi) is 10.6. The van der Waals surface area contributed by atoms with E-state index in [0.29, 0.717) is 5.92 Å². The van der Waals surface area contributed by atoms with Gasteiger partial charge in [0.1, 0.15) is 11.2 Å². The van der Waals surface area contributed by atoms with Crippen LogP contribution in [0.1, 0.15) is 133 Å². The molecule has 0 aromatic rings. The normalized spacial score (nSPS) is 28.7. The first-order chi connectivity index (χ1) is 13.5. The van der Waals surface area contributed by atoms with Gasteiger partial charge in [0.2, 0.25) is 5.79 Å². The molecule has 1 rings (SSSR count). The van der Waals surface area contributed by atoms with Crippen LogP contribution in [0.3, 0.4) is 0 Å². The van der Waals surface area contributed by atoms with Crippen LogP contribution in [0.2, 0.25) is 0 Å². The Balaban J connectivity index is 3.04. The van der Waals surface area contributed by atoms with Crippen LogP contribution in [0, 0.1) is 11.3 Å². The minimum atomic E-state index is -0.893. The molecule has 0 aliphatic heterocycles. The third kappa shape index (κ3) is 6.92. The summed E-state index contributed by atoms with van der Waals surface area (Å²) in [5.74, 6) is -0.439. The van der Waals surface area contributed by atoms with Gasteiger partial charge < -0.3 is 0 Å². The molecule has 29 heavy (non-hydrogen) atoms. The molecule has 0 aromatic carbocycles. The van der Waals surface area contributed by atoms with Gasteiger partial charge in [-0.15, -0.1) is 0 Å². The van der Waals surface area contributed by atoms with Crippen molar-refractivity contribution in [2.24, 2.45) is 11.3 Å². The summed E-state index contributed by atoms with van der Waals surface area (Å²) in [4.78, 5) is 25.0. The largest absolute Gasteiger partial charge is 0.239 e. The van der Waals surface area contributed by atoms with Gasteiger partial charge in [-0.3, -0.25) is 0 Å². The van der Waals surface area contributed by atoms with E-state index in [2.05, 4.69) is 62.3 Å². The van der Waals surface area contributed by atoms with Crippen LogP contribution in [0.4, 0.5) is 0 Å². The molecule has 3 atom stereocenters. The molecule has 174 valence electrons. The van der Waals surface area contributed by atoms with Crippen molar-refractivity contribution in [3.05, 3.63) is 0 Å². The van der Waals surface area contributed by atoms with E-state index in [1.165, 1.54) is 6.42 Å². The molecule has 4 nitrogen and oxygen atoms in total. The smallest absolute Gasteiger partial charge is 0.227 e. The molecule has 1 fully saturated rings.